The molecule has 1 heterocycles. The zero-order valence-corrected chi connectivity index (χ0v) is 12.1. The van der Waals surface area contributed by atoms with Crippen molar-refractivity contribution in [3.05, 3.63) is 18.0 Å². The Morgan fingerprint density at radius 2 is 2.05 bits per heavy atom. The highest BCUT2D eigenvalue weighted by Crippen LogP contribution is 2.15. The van der Waals surface area contributed by atoms with E-state index in [1.165, 1.54) is 11.6 Å². The van der Waals surface area contributed by atoms with Crippen LogP contribution in [0.15, 0.2) is 17.2 Å². The summed E-state index contributed by atoms with van der Waals surface area (Å²) < 4.78 is 52.1. The molecule has 0 bridgehead atoms. The van der Waals surface area contributed by atoms with Crippen molar-refractivity contribution in [2.45, 2.75) is 10.8 Å². The minimum absolute atomic E-state index is 0. The van der Waals surface area contributed by atoms with Gasteiger partial charge in [-0.3, -0.25) is 4.79 Å². The Kier molecular flexibility index (Phi) is 6.08. The number of nitrogens with one attached hydrogen (secondary N) is 1. The first-order valence-corrected chi connectivity index (χ1v) is 6.61. The third kappa shape index (κ3) is 4.40. The summed E-state index contributed by atoms with van der Waals surface area (Å²) in [5.74, 6) is -4.16. The summed E-state index contributed by atoms with van der Waals surface area (Å²) in [4.78, 5) is 10.7. The molecule has 0 fully saturated rings. The number of carbonyl (C=O) groups is 1. The number of rotatable bonds is 6. The van der Waals surface area contributed by atoms with Crippen molar-refractivity contribution in [2.75, 3.05) is 13.1 Å². The third-order valence-corrected chi connectivity index (χ3v) is 3.73. The summed E-state index contributed by atoms with van der Waals surface area (Å²) in [5.41, 5.74) is 9.77. The summed E-state index contributed by atoms with van der Waals surface area (Å²) in [6.07, 6.45) is 1.10. The van der Waals surface area contributed by atoms with Gasteiger partial charge in [0.25, 0.3) is 11.8 Å². The quantitative estimate of drug-likeness (QED) is 0.645. The molecule has 1 aromatic rings. The highest BCUT2D eigenvalue weighted by molar-refractivity contribution is 7.89. The summed E-state index contributed by atoms with van der Waals surface area (Å²) in [6, 6.07) is 1.01. The fourth-order valence-electron chi connectivity index (χ4n) is 1.28. The summed E-state index contributed by atoms with van der Waals surface area (Å²) >= 11 is 0. The molecule has 0 aromatic carbocycles. The molecule has 20 heavy (non-hydrogen) atoms. The number of nitrogens with zero attached hydrogens (tertiary/aromatic N) is 1. The van der Waals surface area contributed by atoms with Gasteiger partial charge in [0.05, 0.1) is 13.1 Å². The molecule has 0 radical (unpaired) electrons. The molecule has 0 unspecified atom stereocenters. The van der Waals surface area contributed by atoms with Gasteiger partial charge in [-0.25, -0.2) is 21.9 Å². The van der Waals surface area contributed by atoms with Gasteiger partial charge in [-0.1, -0.05) is 0 Å². The van der Waals surface area contributed by atoms with Gasteiger partial charge in [0.2, 0.25) is 10.0 Å². The van der Waals surface area contributed by atoms with Crippen molar-refractivity contribution >= 4 is 28.3 Å². The number of alkyl halides is 2. The highest BCUT2D eigenvalue weighted by atomic mass is 35.5. The average molecular weight is 333 g/mol. The summed E-state index contributed by atoms with van der Waals surface area (Å²) in [6.45, 7) is -2.09. The van der Waals surface area contributed by atoms with Crippen molar-refractivity contribution < 1.29 is 22.0 Å². The van der Waals surface area contributed by atoms with Crippen molar-refractivity contribution in [1.29, 1.82) is 0 Å². The lowest BCUT2D eigenvalue weighted by molar-refractivity contribution is 0.0170. The van der Waals surface area contributed by atoms with E-state index in [-0.39, 0.29) is 23.0 Å². The molecule has 0 aliphatic heterocycles. The van der Waals surface area contributed by atoms with Crippen LogP contribution in [0.4, 0.5) is 8.78 Å². The SMILES string of the molecule is Cl.Cn1cc(S(=O)(=O)NCC(F)(F)CN)cc1C(N)=O. The molecule has 11 heteroatoms. The molecule has 0 spiro atoms. The van der Waals surface area contributed by atoms with Crippen LogP contribution in [0.5, 0.6) is 0 Å². The highest BCUT2D eigenvalue weighted by Gasteiger charge is 2.30. The first-order valence-electron chi connectivity index (χ1n) is 5.13. The molecule has 0 atom stereocenters. The normalized spacial score (nSPS) is 12.0. The van der Waals surface area contributed by atoms with E-state index in [4.69, 9.17) is 11.5 Å². The number of sulfonamides is 1. The van der Waals surface area contributed by atoms with Crippen LogP contribution < -0.4 is 16.2 Å². The van der Waals surface area contributed by atoms with Crippen LogP contribution in [0.3, 0.4) is 0 Å². The van der Waals surface area contributed by atoms with E-state index in [1.807, 2.05) is 0 Å². The first kappa shape index (κ1) is 18.8. The topological polar surface area (TPSA) is 120 Å². The van der Waals surface area contributed by atoms with Crippen LogP contribution >= 0.6 is 12.4 Å². The number of primary amides is 1. The number of carbonyl (C=O) groups excluding carboxylic acids is 1. The van der Waals surface area contributed by atoms with Crippen LogP contribution in [0.25, 0.3) is 0 Å². The Morgan fingerprint density at radius 1 is 1.50 bits per heavy atom. The minimum Gasteiger partial charge on any atom is -0.364 e. The van der Waals surface area contributed by atoms with Gasteiger partial charge < -0.3 is 16.0 Å². The Hall–Kier alpha value is -1.23. The first-order chi connectivity index (χ1) is 8.59. The summed E-state index contributed by atoms with van der Waals surface area (Å²) in [7, 11) is -2.74. The van der Waals surface area contributed by atoms with Crippen LogP contribution in [0.1, 0.15) is 10.5 Å². The number of amides is 1. The average Bonchev–Trinajstić information content (AvgIpc) is 2.70. The molecule has 0 saturated carbocycles. The van der Waals surface area contributed by atoms with E-state index in [0.717, 1.165) is 12.3 Å². The number of nitrogens with two attached hydrogens (primary N) is 2. The van der Waals surface area contributed by atoms with Crippen LogP contribution in [-0.4, -0.2) is 37.9 Å². The fraction of sp³-hybridized carbons (Fsp3) is 0.444. The van der Waals surface area contributed by atoms with E-state index in [2.05, 4.69) is 0 Å². The predicted molar refractivity (Wildman–Crippen MR) is 70.4 cm³/mol. The van der Waals surface area contributed by atoms with E-state index in [1.54, 1.807) is 4.72 Å². The van der Waals surface area contributed by atoms with Crippen molar-refractivity contribution in [3.63, 3.8) is 0 Å². The Bertz CT molecular complexity index is 588. The molecule has 116 valence electrons. The van der Waals surface area contributed by atoms with E-state index < -0.39 is 34.9 Å². The molecule has 1 amide bonds. The van der Waals surface area contributed by atoms with E-state index >= 15 is 0 Å². The van der Waals surface area contributed by atoms with Crippen molar-refractivity contribution in [1.82, 2.24) is 9.29 Å². The number of aryl methyl sites for hydroxylation is 1. The van der Waals surface area contributed by atoms with E-state index in [9.17, 15) is 22.0 Å². The molecule has 1 rings (SSSR count). The molecular weight excluding hydrogens is 318 g/mol. The standard InChI is InChI=1S/C9H14F2N4O3S.ClH/c1-15-3-6(2-7(15)8(13)16)19(17,18)14-5-9(10,11)4-12;/h2-3,14H,4-5,12H2,1H3,(H2,13,16);1H. The van der Waals surface area contributed by atoms with Gasteiger partial charge in [-0.15, -0.1) is 12.4 Å². The number of halogens is 3. The van der Waals surface area contributed by atoms with Crippen molar-refractivity contribution in [3.8, 4) is 0 Å². The smallest absolute Gasteiger partial charge is 0.273 e. The van der Waals surface area contributed by atoms with Gasteiger partial charge in [0, 0.05) is 13.2 Å². The molecule has 0 aliphatic carbocycles. The molecule has 0 saturated heterocycles. The second-order valence-electron chi connectivity index (χ2n) is 3.92. The van der Waals surface area contributed by atoms with Crippen LogP contribution in [-0.2, 0) is 17.1 Å². The van der Waals surface area contributed by atoms with Gasteiger partial charge >= 0.3 is 0 Å². The lowest BCUT2D eigenvalue weighted by Crippen LogP contribution is -2.41. The fourth-order valence-corrected chi connectivity index (χ4v) is 2.41. The number of hydrogen-bond acceptors (Lipinski definition) is 4. The zero-order chi connectivity index (χ0) is 14.8. The Morgan fingerprint density at radius 3 is 2.45 bits per heavy atom. The molecule has 7 nitrogen and oxygen atoms in total. The maximum atomic E-state index is 12.9. The summed E-state index contributed by atoms with van der Waals surface area (Å²) in [5, 5.41) is 0. The van der Waals surface area contributed by atoms with Gasteiger partial charge in [0.15, 0.2) is 0 Å². The predicted octanol–water partition coefficient (Wildman–Crippen LogP) is -0.582. The van der Waals surface area contributed by atoms with Crippen LogP contribution in [0, 0.1) is 0 Å². The zero-order valence-electron chi connectivity index (χ0n) is 10.5. The molecule has 0 aliphatic rings. The number of aromatic nitrogens is 1. The lowest BCUT2D eigenvalue weighted by Gasteiger charge is -2.14. The van der Waals surface area contributed by atoms with Gasteiger partial charge in [-0.2, -0.15) is 0 Å². The molecule has 5 N–H and O–H groups in total. The minimum atomic E-state index is -4.15. The Labute approximate surface area is 120 Å². The van der Waals surface area contributed by atoms with Crippen LogP contribution in [0.2, 0.25) is 0 Å². The van der Waals surface area contributed by atoms with Crippen molar-refractivity contribution in [2.24, 2.45) is 18.5 Å². The maximum absolute atomic E-state index is 12.9. The van der Waals surface area contributed by atoms with E-state index in [0.29, 0.717) is 0 Å². The molecular formula is C9H15ClF2N4O3S. The third-order valence-electron chi connectivity index (χ3n) is 2.36. The maximum Gasteiger partial charge on any atom is 0.273 e. The second-order valence-corrected chi connectivity index (χ2v) is 5.69. The monoisotopic (exact) mass is 332 g/mol. The van der Waals surface area contributed by atoms with Gasteiger partial charge in [-0.05, 0) is 6.07 Å². The van der Waals surface area contributed by atoms with Gasteiger partial charge in [0.1, 0.15) is 10.6 Å². The largest absolute Gasteiger partial charge is 0.364 e. The Balaban J connectivity index is 0.00000361. The second kappa shape index (κ2) is 6.48. The lowest BCUT2D eigenvalue weighted by atomic mass is 10.3. The molecule has 1 aromatic heterocycles. The number of hydrogen-bond donors (Lipinski definition) is 3.